The normalized spacial score (nSPS) is 14.1. The van der Waals surface area contributed by atoms with Gasteiger partial charge in [-0.25, -0.2) is 0 Å². The van der Waals surface area contributed by atoms with Gasteiger partial charge in [-0.2, -0.15) is 0 Å². The Kier molecular flexibility index (Phi) is 4.87. The van der Waals surface area contributed by atoms with Crippen LogP contribution in [-0.4, -0.2) is 17.1 Å². The highest BCUT2D eigenvalue weighted by Gasteiger charge is 2.10. The lowest BCUT2D eigenvalue weighted by atomic mass is 10.2. The summed E-state index contributed by atoms with van der Waals surface area (Å²) in [6, 6.07) is 3.71. The van der Waals surface area contributed by atoms with Crippen molar-refractivity contribution in [3.63, 3.8) is 0 Å². The van der Waals surface area contributed by atoms with E-state index in [4.69, 9.17) is 22.5 Å². The molecular weight excluding hydrogens is 234 g/mol. The maximum atomic E-state index is 8.54. The number of oxime groups is 1. The zero-order chi connectivity index (χ0) is 11.3. The Labute approximate surface area is 97.7 Å². The highest BCUT2D eigenvalue weighted by Crippen LogP contribution is 2.21. The first-order valence-electron chi connectivity index (χ1n) is 4.62. The fourth-order valence-electron chi connectivity index (χ4n) is 1.20. The van der Waals surface area contributed by atoms with Crippen molar-refractivity contribution in [2.24, 2.45) is 10.9 Å². The topological polar surface area (TPSA) is 70.6 Å². The molecule has 0 aliphatic rings. The highest BCUT2D eigenvalue weighted by atomic mass is 35.5. The number of thiophene rings is 1. The number of hydrogen-bond acceptors (Lipinski definition) is 4. The van der Waals surface area contributed by atoms with Crippen LogP contribution >= 0.6 is 22.9 Å². The number of nitrogens with zero attached hydrogens (tertiary/aromatic N) is 1. The molecule has 0 bridgehead atoms. The zero-order valence-corrected chi connectivity index (χ0v) is 9.98. The Morgan fingerprint density at radius 1 is 1.73 bits per heavy atom. The molecule has 0 aromatic carbocycles. The van der Waals surface area contributed by atoms with Crippen LogP contribution in [0.25, 0.3) is 0 Å². The number of hydrogen-bond donors (Lipinski definition) is 3. The minimum absolute atomic E-state index is 0.101. The van der Waals surface area contributed by atoms with Crippen molar-refractivity contribution in [3.05, 3.63) is 21.3 Å². The lowest BCUT2D eigenvalue weighted by Crippen LogP contribution is -2.40. The fraction of sp³-hybridized carbons (Fsp3) is 0.444. The van der Waals surface area contributed by atoms with Crippen molar-refractivity contribution >= 4 is 28.8 Å². The van der Waals surface area contributed by atoms with E-state index in [9.17, 15) is 0 Å². The molecule has 0 radical (unpaired) electrons. The Hall–Kier alpha value is -0.780. The minimum atomic E-state index is -0.101. The van der Waals surface area contributed by atoms with Crippen molar-refractivity contribution in [1.82, 2.24) is 5.32 Å². The molecular formula is C9H14ClN3OS. The average molecular weight is 248 g/mol. The maximum Gasteiger partial charge on any atom is 0.156 e. The van der Waals surface area contributed by atoms with Crippen LogP contribution in [0.15, 0.2) is 17.3 Å². The molecule has 0 aliphatic heterocycles. The lowest BCUT2D eigenvalue weighted by Gasteiger charge is -2.14. The first-order valence-corrected chi connectivity index (χ1v) is 5.81. The predicted octanol–water partition coefficient (Wildman–Crippen LogP) is 2.02. The Morgan fingerprint density at radius 3 is 2.93 bits per heavy atom. The van der Waals surface area contributed by atoms with Gasteiger partial charge < -0.3 is 16.3 Å². The molecule has 0 amide bonds. The molecule has 0 spiro atoms. The number of nitrogens with two attached hydrogens (primary N) is 1. The van der Waals surface area contributed by atoms with Crippen LogP contribution in [0.5, 0.6) is 0 Å². The maximum absolute atomic E-state index is 8.54. The summed E-state index contributed by atoms with van der Waals surface area (Å²) < 4.78 is 0.767. The molecule has 4 N–H and O–H groups in total. The number of amidine groups is 1. The quantitative estimate of drug-likeness (QED) is 0.323. The summed E-state index contributed by atoms with van der Waals surface area (Å²) >= 11 is 7.32. The molecule has 84 valence electrons. The summed E-state index contributed by atoms with van der Waals surface area (Å²) in [6.07, 6.45) is 0.773. The van der Waals surface area contributed by atoms with E-state index in [2.05, 4.69) is 10.5 Å². The molecule has 0 aliphatic carbocycles. The van der Waals surface area contributed by atoms with Crippen LogP contribution in [0, 0.1) is 0 Å². The van der Waals surface area contributed by atoms with Crippen LogP contribution in [0.1, 0.15) is 18.2 Å². The molecule has 6 heteroatoms. The lowest BCUT2D eigenvalue weighted by molar-refractivity contribution is 0.314. The highest BCUT2D eigenvalue weighted by molar-refractivity contribution is 7.16. The van der Waals surface area contributed by atoms with Gasteiger partial charge in [0.2, 0.25) is 0 Å². The molecule has 0 saturated heterocycles. The van der Waals surface area contributed by atoms with Gasteiger partial charge >= 0.3 is 0 Å². The van der Waals surface area contributed by atoms with Gasteiger partial charge in [-0.1, -0.05) is 23.7 Å². The smallest absolute Gasteiger partial charge is 0.156 e. The largest absolute Gasteiger partial charge is 0.409 e. The van der Waals surface area contributed by atoms with Crippen LogP contribution < -0.4 is 11.1 Å². The Morgan fingerprint density at radius 2 is 2.47 bits per heavy atom. The van der Waals surface area contributed by atoms with E-state index in [1.807, 2.05) is 19.1 Å². The van der Waals surface area contributed by atoms with Crippen molar-refractivity contribution in [2.45, 2.75) is 25.9 Å². The number of halogens is 1. The van der Waals surface area contributed by atoms with Crippen molar-refractivity contribution in [1.29, 1.82) is 0 Å². The van der Waals surface area contributed by atoms with E-state index in [0.717, 1.165) is 15.6 Å². The van der Waals surface area contributed by atoms with Crippen LogP contribution in [-0.2, 0) is 6.54 Å². The third-order valence-corrected chi connectivity index (χ3v) is 3.26. The standard InChI is InChI=1S/C9H14ClN3OS/c1-2-7(9(11)13-14)12-5-6-3-4-8(10)15-6/h3-4,7,12,14H,2,5H2,1H3,(H2,11,13). The van der Waals surface area contributed by atoms with Crippen LogP contribution in [0.3, 0.4) is 0 Å². The number of nitrogens with one attached hydrogen (secondary N) is 1. The van der Waals surface area contributed by atoms with Gasteiger partial charge in [-0.3, -0.25) is 0 Å². The van der Waals surface area contributed by atoms with Gasteiger partial charge in [0.15, 0.2) is 5.84 Å². The summed E-state index contributed by atoms with van der Waals surface area (Å²) in [4.78, 5) is 1.13. The van der Waals surface area contributed by atoms with E-state index in [0.29, 0.717) is 6.54 Å². The molecule has 1 aromatic heterocycles. The molecule has 15 heavy (non-hydrogen) atoms. The molecule has 0 fully saturated rings. The zero-order valence-electron chi connectivity index (χ0n) is 8.40. The molecule has 1 heterocycles. The van der Waals surface area contributed by atoms with Crippen LogP contribution in [0.4, 0.5) is 0 Å². The van der Waals surface area contributed by atoms with Gasteiger partial charge in [0, 0.05) is 11.4 Å². The summed E-state index contributed by atoms with van der Waals surface area (Å²) in [7, 11) is 0. The summed E-state index contributed by atoms with van der Waals surface area (Å²) in [5.41, 5.74) is 5.51. The van der Waals surface area contributed by atoms with Gasteiger partial charge in [0.25, 0.3) is 0 Å². The Balaban J connectivity index is 2.48. The fourth-order valence-corrected chi connectivity index (χ4v) is 2.24. The van der Waals surface area contributed by atoms with Crippen LogP contribution in [0.2, 0.25) is 4.34 Å². The SMILES string of the molecule is CCC(NCc1ccc(Cl)s1)C(N)=NO. The third kappa shape index (κ3) is 3.70. The van der Waals surface area contributed by atoms with E-state index < -0.39 is 0 Å². The second kappa shape index (κ2) is 5.95. The molecule has 1 atom stereocenters. The van der Waals surface area contributed by atoms with E-state index in [1.54, 1.807) is 0 Å². The summed E-state index contributed by atoms with van der Waals surface area (Å²) in [5.74, 6) is 0.208. The second-order valence-corrected chi connectivity index (χ2v) is 4.87. The first-order chi connectivity index (χ1) is 7.17. The molecule has 1 rings (SSSR count). The summed E-state index contributed by atoms with van der Waals surface area (Å²) in [6.45, 7) is 2.64. The van der Waals surface area contributed by atoms with Gasteiger partial charge in [-0.15, -0.1) is 11.3 Å². The first kappa shape index (κ1) is 12.3. The molecule has 1 unspecified atom stereocenters. The molecule has 0 saturated carbocycles. The van der Waals surface area contributed by atoms with E-state index >= 15 is 0 Å². The van der Waals surface area contributed by atoms with Gasteiger partial charge in [0.05, 0.1) is 10.4 Å². The molecule has 1 aromatic rings. The van der Waals surface area contributed by atoms with Crippen molar-refractivity contribution in [3.8, 4) is 0 Å². The van der Waals surface area contributed by atoms with Crippen molar-refractivity contribution in [2.75, 3.05) is 0 Å². The van der Waals surface area contributed by atoms with E-state index in [1.165, 1.54) is 11.3 Å². The van der Waals surface area contributed by atoms with Gasteiger partial charge in [-0.05, 0) is 18.6 Å². The Bertz CT molecular complexity index is 340. The third-order valence-electron chi connectivity index (χ3n) is 2.03. The monoisotopic (exact) mass is 247 g/mol. The van der Waals surface area contributed by atoms with Crippen molar-refractivity contribution < 1.29 is 5.21 Å². The van der Waals surface area contributed by atoms with Gasteiger partial charge in [0.1, 0.15) is 0 Å². The second-order valence-electron chi connectivity index (χ2n) is 3.07. The molecule has 4 nitrogen and oxygen atoms in total. The average Bonchev–Trinajstić information content (AvgIpc) is 2.64. The predicted molar refractivity (Wildman–Crippen MR) is 63.7 cm³/mol. The summed E-state index contributed by atoms with van der Waals surface area (Å²) in [5, 5.41) is 14.7. The minimum Gasteiger partial charge on any atom is -0.409 e. The van der Waals surface area contributed by atoms with E-state index in [-0.39, 0.29) is 11.9 Å². The number of rotatable bonds is 5.